The normalized spacial score (nSPS) is 13.3. The van der Waals surface area contributed by atoms with Crippen LogP contribution in [0, 0.1) is 6.92 Å². The number of hydrogen-bond donors (Lipinski definition) is 4. The van der Waals surface area contributed by atoms with Gasteiger partial charge in [-0.2, -0.15) is 15.4 Å². The summed E-state index contributed by atoms with van der Waals surface area (Å²) < 4.78 is 0. The molecule has 3 aromatic rings. The minimum Gasteiger partial charge on any atom is -0.479 e. The Morgan fingerprint density at radius 2 is 1.92 bits per heavy atom. The number of aromatic nitrogens is 3. The third-order valence-electron chi connectivity index (χ3n) is 4.12. The second-order valence-corrected chi connectivity index (χ2v) is 6.04. The summed E-state index contributed by atoms with van der Waals surface area (Å²) in [5.41, 5.74) is 3.09. The number of aryl methyl sites for hydroxylation is 1. The molecular formula is C18H18N4O4. The summed E-state index contributed by atoms with van der Waals surface area (Å²) in [5.74, 6) is -1.88. The Morgan fingerprint density at radius 1 is 1.19 bits per heavy atom. The third-order valence-corrected chi connectivity index (χ3v) is 4.12. The van der Waals surface area contributed by atoms with E-state index in [2.05, 4.69) is 20.7 Å². The number of amides is 1. The Hall–Kier alpha value is -3.26. The van der Waals surface area contributed by atoms with E-state index in [1.165, 1.54) is 0 Å². The number of rotatable bonds is 6. The summed E-state index contributed by atoms with van der Waals surface area (Å²) >= 11 is 0. The molecule has 0 aliphatic rings. The number of aliphatic hydroxyl groups excluding tert-OH is 1. The number of carboxylic acid groups (broad SMARTS) is 1. The van der Waals surface area contributed by atoms with E-state index in [0.29, 0.717) is 16.6 Å². The van der Waals surface area contributed by atoms with E-state index >= 15 is 0 Å². The zero-order valence-electron chi connectivity index (χ0n) is 14.0. The average molecular weight is 354 g/mol. The van der Waals surface area contributed by atoms with Gasteiger partial charge in [0.25, 0.3) is 5.91 Å². The van der Waals surface area contributed by atoms with E-state index in [0.717, 1.165) is 11.1 Å². The van der Waals surface area contributed by atoms with Gasteiger partial charge in [-0.3, -0.25) is 4.79 Å². The van der Waals surface area contributed by atoms with E-state index in [9.17, 15) is 14.7 Å². The Bertz CT molecular complexity index is 939. The lowest BCUT2D eigenvalue weighted by Crippen LogP contribution is -2.48. The number of carbonyl (C=O) groups is 2. The number of benzene rings is 2. The summed E-state index contributed by atoms with van der Waals surface area (Å²) in [6.45, 7) is 1.80. The van der Waals surface area contributed by atoms with Crippen molar-refractivity contribution in [3.8, 4) is 0 Å². The van der Waals surface area contributed by atoms with Gasteiger partial charge in [-0.1, -0.05) is 30.3 Å². The maximum atomic E-state index is 12.6. The number of H-pyrrole nitrogens is 1. The Morgan fingerprint density at radius 3 is 2.62 bits per heavy atom. The molecule has 8 heteroatoms. The number of fused-ring (bicyclic) bond motifs is 1. The molecule has 1 aromatic heterocycles. The molecule has 0 bridgehead atoms. The van der Waals surface area contributed by atoms with Gasteiger partial charge in [-0.15, -0.1) is 0 Å². The molecule has 4 N–H and O–H groups in total. The monoisotopic (exact) mass is 354 g/mol. The van der Waals surface area contributed by atoms with Crippen LogP contribution < -0.4 is 5.32 Å². The van der Waals surface area contributed by atoms with E-state index in [4.69, 9.17) is 5.11 Å². The topological polar surface area (TPSA) is 128 Å². The van der Waals surface area contributed by atoms with E-state index in [-0.39, 0.29) is 6.42 Å². The molecular weight excluding hydrogens is 336 g/mol. The van der Waals surface area contributed by atoms with Gasteiger partial charge in [-0.25, -0.2) is 4.79 Å². The first-order valence-electron chi connectivity index (χ1n) is 8.02. The number of carboxylic acids is 1. The zero-order chi connectivity index (χ0) is 18.7. The summed E-state index contributed by atoms with van der Waals surface area (Å²) in [7, 11) is 0. The Labute approximate surface area is 148 Å². The molecule has 1 amide bonds. The molecule has 0 unspecified atom stereocenters. The number of aliphatic carboxylic acids is 1. The molecule has 0 aliphatic heterocycles. The van der Waals surface area contributed by atoms with Crippen molar-refractivity contribution in [2.45, 2.75) is 25.5 Å². The van der Waals surface area contributed by atoms with Crippen LogP contribution in [0.5, 0.6) is 0 Å². The molecule has 0 spiro atoms. The number of hydrogen-bond acceptors (Lipinski definition) is 5. The molecule has 0 saturated carbocycles. The fourth-order valence-corrected chi connectivity index (χ4v) is 2.79. The lowest BCUT2D eigenvalue weighted by atomic mass is 10.0. The molecule has 0 saturated heterocycles. The van der Waals surface area contributed by atoms with Crippen molar-refractivity contribution in [1.82, 2.24) is 20.7 Å². The van der Waals surface area contributed by atoms with Crippen LogP contribution in [-0.4, -0.2) is 49.6 Å². The first-order chi connectivity index (χ1) is 12.5. The number of carbonyl (C=O) groups excluding carboxylic acids is 1. The van der Waals surface area contributed by atoms with Crippen LogP contribution in [0.1, 0.15) is 21.5 Å². The molecule has 0 fully saturated rings. The number of nitrogens with one attached hydrogen (secondary N) is 2. The van der Waals surface area contributed by atoms with Gasteiger partial charge in [0.05, 0.1) is 6.04 Å². The second kappa shape index (κ2) is 7.32. The summed E-state index contributed by atoms with van der Waals surface area (Å²) in [6, 6.07) is 11.3. The SMILES string of the molecule is Cc1cc(C(=O)N[C@H](Cc2ccccc2)[C@@H](O)C(=O)O)cc2n[nH]nc12. The van der Waals surface area contributed by atoms with Crippen LogP contribution in [0.4, 0.5) is 0 Å². The van der Waals surface area contributed by atoms with Gasteiger partial charge in [0.1, 0.15) is 11.0 Å². The van der Waals surface area contributed by atoms with Crippen molar-refractivity contribution in [3.63, 3.8) is 0 Å². The Kier molecular flexibility index (Phi) is 4.94. The molecule has 0 aliphatic carbocycles. The molecule has 1 heterocycles. The van der Waals surface area contributed by atoms with Crippen molar-refractivity contribution >= 4 is 22.9 Å². The van der Waals surface area contributed by atoms with Crippen molar-refractivity contribution < 1.29 is 19.8 Å². The number of aromatic amines is 1. The molecule has 2 atom stereocenters. The quantitative estimate of drug-likeness (QED) is 0.524. The highest BCUT2D eigenvalue weighted by atomic mass is 16.4. The van der Waals surface area contributed by atoms with E-state index in [1.54, 1.807) is 31.2 Å². The number of nitrogens with zero attached hydrogens (tertiary/aromatic N) is 2. The molecule has 0 radical (unpaired) electrons. The highest BCUT2D eigenvalue weighted by molar-refractivity contribution is 5.98. The molecule has 8 nitrogen and oxygen atoms in total. The molecule has 3 rings (SSSR count). The van der Waals surface area contributed by atoms with Crippen molar-refractivity contribution in [1.29, 1.82) is 0 Å². The van der Waals surface area contributed by atoms with Gasteiger partial charge in [-0.05, 0) is 36.6 Å². The van der Waals surface area contributed by atoms with Gasteiger partial charge < -0.3 is 15.5 Å². The summed E-state index contributed by atoms with van der Waals surface area (Å²) in [5, 5.41) is 32.2. The van der Waals surface area contributed by atoms with Crippen LogP contribution in [0.3, 0.4) is 0 Å². The maximum Gasteiger partial charge on any atom is 0.334 e. The van der Waals surface area contributed by atoms with Crippen molar-refractivity contribution in [2.24, 2.45) is 0 Å². The van der Waals surface area contributed by atoms with Gasteiger partial charge in [0.2, 0.25) is 0 Å². The fraction of sp³-hybridized carbons (Fsp3) is 0.222. The average Bonchev–Trinajstić information content (AvgIpc) is 3.10. The smallest absolute Gasteiger partial charge is 0.334 e. The minimum atomic E-state index is -1.73. The first kappa shape index (κ1) is 17.6. The van der Waals surface area contributed by atoms with Gasteiger partial charge in [0.15, 0.2) is 6.10 Å². The minimum absolute atomic E-state index is 0.186. The molecule has 2 aromatic carbocycles. The second-order valence-electron chi connectivity index (χ2n) is 6.04. The lowest BCUT2D eigenvalue weighted by Gasteiger charge is -2.22. The first-order valence-corrected chi connectivity index (χ1v) is 8.02. The van der Waals surface area contributed by atoms with E-state index in [1.807, 2.05) is 18.2 Å². The molecule has 134 valence electrons. The van der Waals surface area contributed by atoms with Gasteiger partial charge >= 0.3 is 5.97 Å². The van der Waals surface area contributed by atoms with Crippen LogP contribution >= 0.6 is 0 Å². The lowest BCUT2D eigenvalue weighted by molar-refractivity contribution is -0.148. The highest BCUT2D eigenvalue weighted by Crippen LogP contribution is 2.17. The summed E-state index contributed by atoms with van der Waals surface area (Å²) in [4.78, 5) is 23.8. The molecule has 26 heavy (non-hydrogen) atoms. The third kappa shape index (κ3) is 3.70. The Balaban J connectivity index is 1.84. The van der Waals surface area contributed by atoms with Crippen LogP contribution in [0.25, 0.3) is 11.0 Å². The predicted molar refractivity (Wildman–Crippen MR) is 93.7 cm³/mol. The van der Waals surface area contributed by atoms with Crippen LogP contribution in [-0.2, 0) is 11.2 Å². The van der Waals surface area contributed by atoms with Crippen LogP contribution in [0.2, 0.25) is 0 Å². The van der Waals surface area contributed by atoms with Crippen LogP contribution in [0.15, 0.2) is 42.5 Å². The van der Waals surface area contributed by atoms with Gasteiger partial charge in [0, 0.05) is 5.56 Å². The zero-order valence-corrected chi connectivity index (χ0v) is 14.0. The fourth-order valence-electron chi connectivity index (χ4n) is 2.79. The summed E-state index contributed by atoms with van der Waals surface area (Å²) in [6.07, 6.45) is -1.54. The maximum absolute atomic E-state index is 12.6. The van der Waals surface area contributed by atoms with Crippen molar-refractivity contribution in [3.05, 3.63) is 59.2 Å². The van der Waals surface area contributed by atoms with Crippen molar-refractivity contribution in [2.75, 3.05) is 0 Å². The largest absolute Gasteiger partial charge is 0.479 e. The number of aliphatic hydroxyl groups is 1. The highest BCUT2D eigenvalue weighted by Gasteiger charge is 2.28. The standard InChI is InChI=1S/C18H18N4O4/c1-10-7-12(9-13-15(10)21-22-20-13)17(24)19-14(16(23)18(25)26)8-11-5-3-2-4-6-11/h2-7,9,14,16,23H,8H2,1H3,(H,19,24)(H,25,26)(H,20,21,22)/t14-,16-/m1/s1. The van der Waals surface area contributed by atoms with E-state index < -0.39 is 24.0 Å². The predicted octanol–water partition coefficient (Wildman–Crippen LogP) is 1.05.